The number of hydrogen-bond donors (Lipinski definition) is 1. The van der Waals surface area contributed by atoms with Gasteiger partial charge in [-0.2, -0.15) is 5.26 Å². The van der Waals surface area contributed by atoms with E-state index in [4.69, 9.17) is 9.72 Å². The second-order valence-electron chi connectivity index (χ2n) is 8.41. The number of amides is 1. The molecular weight excluding hydrogens is 525 g/mol. The second kappa shape index (κ2) is 12.4. The highest BCUT2D eigenvalue weighted by Gasteiger charge is 2.18. The molecule has 0 bridgehead atoms. The van der Waals surface area contributed by atoms with E-state index >= 15 is 0 Å². The first-order valence-corrected chi connectivity index (χ1v) is 14.2. The van der Waals surface area contributed by atoms with Crippen LogP contribution in [0.15, 0.2) is 101 Å². The third-order valence-corrected chi connectivity index (χ3v) is 7.54. The lowest BCUT2D eigenvalue weighted by atomic mass is 9.99. The van der Waals surface area contributed by atoms with Crippen molar-refractivity contribution in [2.75, 3.05) is 17.7 Å². The van der Waals surface area contributed by atoms with Crippen molar-refractivity contribution in [2.24, 2.45) is 0 Å². The first-order valence-electron chi connectivity index (χ1n) is 12.3. The summed E-state index contributed by atoms with van der Waals surface area (Å²) in [6.45, 7) is 2.53. The summed E-state index contributed by atoms with van der Waals surface area (Å²) in [6.07, 6.45) is 0. The number of nitrogens with one attached hydrogen (secondary N) is 1. The fourth-order valence-corrected chi connectivity index (χ4v) is 5.52. The number of aromatic nitrogens is 2. The van der Waals surface area contributed by atoms with Gasteiger partial charge in [0, 0.05) is 22.1 Å². The standard InChI is InChI=1S/C31H24N4O2S2/c1-2-37-24-15-13-23(14-16-24)27-17-25(21-9-5-3-6-10-21)26(18-32)30(33-27)38-20-29(36)35-31-34-28(19-39-31)22-11-7-4-8-12-22/h3-17,19H,2,20H2,1H3,(H,34,35,36). The van der Waals surface area contributed by atoms with Crippen LogP contribution in [0.25, 0.3) is 33.6 Å². The molecule has 0 atom stereocenters. The van der Waals surface area contributed by atoms with Crippen LogP contribution in [-0.4, -0.2) is 28.2 Å². The number of benzene rings is 3. The van der Waals surface area contributed by atoms with Crippen molar-refractivity contribution in [1.29, 1.82) is 5.26 Å². The summed E-state index contributed by atoms with van der Waals surface area (Å²) in [5, 5.41) is 15.9. The Bertz CT molecular complexity index is 1610. The van der Waals surface area contributed by atoms with Crippen LogP contribution in [0, 0.1) is 11.3 Å². The monoisotopic (exact) mass is 548 g/mol. The van der Waals surface area contributed by atoms with Crippen LogP contribution in [0.5, 0.6) is 5.75 Å². The van der Waals surface area contributed by atoms with Gasteiger partial charge >= 0.3 is 0 Å². The molecule has 6 nitrogen and oxygen atoms in total. The first-order chi connectivity index (χ1) is 19.1. The number of thioether (sulfide) groups is 1. The molecule has 1 amide bonds. The Balaban J connectivity index is 1.40. The van der Waals surface area contributed by atoms with E-state index in [2.05, 4.69) is 16.4 Å². The van der Waals surface area contributed by atoms with Crippen LogP contribution in [0.4, 0.5) is 5.13 Å². The number of carbonyl (C=O) groups excluding carboxylic acids is 1. The molecule has 0 aliphatic carbocycles. The number of anilines is 1. The van der Waals surface area contributed by atoms with Crippen LogP contribution in [0.2, 0.25) is 0 Å². The van der Waals surface area contributed by atoms with Gasteiger partial charge in [0.1, 0.15) is 16.8 Å². The molecule has 0 aliphatic rings. The number of nitriles is 1. The predicted octanol–water partition coefficient (Wildman–Crippen LogP) is 7.54. The van der Waals surface area contributed by atoms with E-state index in [9.17, 15) is 10.1 Å². The number of nitrogens with zero attached hydrogens (tertiary/aromatic N) is 3. The number of ether oxygens (including phenoxy) is 1. The van der Waals surface area contributed by atoms with E-state index < -0.39 is 0 Å². The second-order valence-corrected chi connectivity index (χ2v) is 10.2. The van der Waals surface area contributed by atoms with E-state index in [1.54, 1.807) is 0 Å². The zero-order valence-electron chi connectivity index (χ0n) is 21.1. The summed E-state index contributed by atoms with van der Waals surface area (Å²) < 4.78 is 5.57. The lowest BCUT2D eigenvalue weighted by Gasteiger charge is -2.13. The van der Waals surface area contributed by atoms with Gasteiger partial charge in [0.05, 0.1) is 29.3 Å². The van der Waals surface area contributed by atoms with Gasteiger partial charge in [-0.25, -0.2) is 9.97 Å². The van der Waals surface area contributed by atoms with Gasteiger partial charge in [0.25, 0.3) is 0 Å². The Morgan fingerprint density at radius 3 is 2.26 bits per heavy atom. The van der Waals surface area contributed by atoms with Crippen molar-refractivity contribution in [3.05, 3.63) is 102 Å². The Labute approximate surface area is 235 Å². The summed E-state index contributed by atoms with van der Waals surface area (Å²) in [5.74, 6) is 0.650. The lowest BCUT2D eigenvalue weighted by molar-refractivity contribution is -0.113. The molecule has 0 radical (unpaired) electrons. The normalized spacial score (nSPS) is 10.6. The van der Waals surface area contributed by atoms with Gasteiger partial charge in [-0.1, -0.05) is 72.4 Å². The minimum absolute atomic E-state index is 0.0862. The zero-order chi connectivity index (χ0) is 27.0. The highest BCUT2D eigenvalue weighted by molar-refractivity contribution is 8.00. The number of hydrogen-bond acceptors (Lipinski definition) is 7. The maximum Gasteiger partial charge on any atom is 0.236 e. The molecule has 0 aliphatic heterocycles. The average Bonchev–Trinajstić information content (AvgIpc) is 3.45. The number of thiazole rings is 1. The van der Waals surface area contributed by atoms with Gasteiger partial charge in [0.2, 0.25) is 5.91 Å². The van der Waals surface area contributed by atoms with Gasteiger partial charge in [0.15, 0.2) is 5.13 Å². The van der Waals surface area contributed by atoms with Gasteiger partial charge < -0.3 is 10.1 Å². The maximum atomic E-state index is 12.9. The van der Waals surface area contributed by atoms with E-state index in [1.807, 2.05) is 103 Å². The minimum atomic E-state index is -0.215. The summed E-state index contributed by atoms with van der Waals surface area (Å²) in [4.78, 5) is 22.2. The highest BCUT2D eigenvalue weighted by atomic mass is 32.2. The largest absolute Gasteiger partial charge is 0.494 e. The van der Waals surface area contributed by atoms with Crippen LogP contribution in [0.3, 0.4) is 0 Å². The SMILES string of the molecule is CCOc1ccc(-c2cc(-c3ccccc3)c(C#N)c(SCC(=O)Nc3nc(-c4ccccc4)cs3)n2)cc1. The number of rotatable bonds is 9. The molecule has 8 heteroatoms. The first kappa shape index (κ1) is 26.2. The fraction of sp³-hybridized carbons (Fsp3) is 0.0968. The summed E-state index contributed by atoms with van der Waals surface area (Å²) in [5.41, 5.74) is 5.53. The molecule has 3 aromatic carbocycles. The molecule has 0 fully saturated rings. The van der Waals surface area contributed by atoms with E-state index in [0.717, 1.165) is 33.7 Å². The Morgan fingerprint density at radius 2 is 1.59 bits per heavy atom. The van der Waals surface area contributed by atoms with Crippen molar-refractivity contribution < 1.29 is 9.53 Å². The van der Waals surface area contributed by atoms with Crippen molar-refractivity contribution in [3.8, 4) is 45.5 Å². The summed E-state index contributed by atoms with van der Waals surface area (Å²) in [7, 11) is 0. The Morgan fingerprint density at radius 1 is 0.923 bits per heavy atom. The smallest absolute Gasteiger partial charge is 0.236 e. The molecule has 0 saturated heterocycles. The molecule has 1 N–H and O–H groups in total. The summed E-state index contributed by atoms with van der Waals surface area (Å²) >= 11 is 2.61. The molecule has 39 heavy (non-hydrogen) atoms. The minimum Gasteiger partial charge on any atom is -0.494 e. The number of carbonyl (C=O) groups is 1. The molecule has 2 aromatic heterocycles. The maximum absolute atomic E-state index is 12.9. The molecular formula is C31H24N4O2S2. The van der Waals surface area contributed by atoms with Gasteiger partial charge in [-0.3, -0.25) is 4.79 Å². The predicted molar refractivity (Wildman–Crippen MR) is 158 cm³/mol. The molecule has 0 unspecified atom stereocenters. The third-order valence-electron chi connectivity index (χ3n) is 5.80. The van der Waals surface area contributed by atoms with E-state index in [1.165, 1.54) is 23.1 Å². The molecule has 0 saturated carbocycles. The summed E-state index contributed by atoms with van der Waals surface area (Å²) in [6, 6.07) is 31.5. The lowest BCUT2D eigenvalue weighted by Crippen LogP contribution is -2.14. The van der Waals surface area contributed by atoms with E-state index in [0.29, 0.717) is 28.0 Å². The fourth-order valence-electron chi connectivity index (χ4n) is 3.98. The van der Waals surface area contributed by atoms with E-state index in [-0.39, 0.29) is 11.7 Å². The van der Waals surface area contributed by atoms with Crippen LogP contribution < -0.4 is 10.1 Å². The highest BCUT2D eigenvalue weighted by Crippen LogP contribution is 2.35. The van der Waals surface area contributed by atoms with Gasteiger partial charge in [-0.15, -0.1) is 11.3 Å². The van der Waals surface area contributed by atoms with Crippen molar-refractivity contribution in [3.63, 3.8) is 0 Å². The quantitative estimate of drug-likeness (QED) is 0.191. The van der Waals surface area contributed by atoms with Crippen LogP contribution in [0.1, 0.15) is 12.5 Å². The average molecular weight is 549 g/mol. The zero-order valence-corrected chi connectivity index (χ0v) is 22.8. The van der Waals surface area contributed by atoms with Gasteiger partial charge in [-0.05, 0) is 42.8 Å². The molecule has 2 heterocycles. The van der Waals surface area contributed by atoms with Crippen molar-refractivity contribution in [2.45, 2.75) is 11.9 Å². The third kappa shape index (κ3) is 6.34. The molecule has 5 rings (SSSR count). The number of pyridine rings is 1. The van der Waals surface area contributed by atoms with Crippen LogP contribution >= 0.6 is 23.1 Å². The Hall–Kier alpha value is -4.45. The Kier molecular flexibility index (Phi) is 8.32. The molecule has 192 valence electrons. The van der Waals surface area contributed by atoms with Crippen molar-refractivity contribution >= 4 is 34.1 Å². The molecule has 0 spiro atoms. The van der Waals surface area contributed by atoms with Crippen LogP contribution in [-0.2, 0) is 4.79 Å². The topological polar surface area (TPSA) is 87.9 Å². The molecule has 5 aromatic rings. The van der Waals surface area contributed by atoms with Crippen molar-refractivity contribution in [1.82, 2.24) is 9.97 Å².